The van der Waals surface area contributed by atoms with E-state index in [9.17, 15) is 0 Å². The van der Waals surface area contributed by atoms with Crippen LogP contribution in [-0.2, 0) is 17.8 Å². The quantitative estimate of drug-likeness (QED) is 0.796. The Balaban J connectivity index is 1.99. The monoisotopic (exact) mass is 270 g/mol. The number of rotatable bonds is 6. The molecule has 2 heterocycles. The molecule has 6 heteroatoms. The Kier molecular flexibility index (Phi) is 5.03. The van der Waals surface area contributed by atoms with E-state index in [1.165, 1.54) is 6.42 Å². The van der Waals surface area contributed by atoms with Crippen LogP contribution in [0.3, 0.4) is 0 Å². The first-order valence-corrected chi connectivity index (χ1v) is 7.55. The average molecular weight is 270 g/mol. The zero-order valence-electron chi connectivity index (χ0n) is 11.1. The molecule has 1 fully saturated rings. The highest BCUT2D eigenvalue weighted by atomic mass is 32.2. The molecule has 1 unspecified atom stereocenters. The van der Waals surface area contributed by atoms with Crippen LogP contribution >= 0.6 is 11.8 Å². The van der Waals surface area contributed by atoms with Crippen molar-refractivity contribution in [3.63, 3.8) is 0 Å². The molecule has 0 aromatic carbocycles. The van der Waals surface area contributed by atoms with Crippen molar-refractivity contribution >= 4 is 11.8 Å². The standard InChI is InChI=1S/C12H22N4OS/c1-9(2)7-16-11(6-13)14-15-12(16)18-8-10-4-3-5-17-10/h9-10H,3-8,13H2,1-2H3. The topological polar surface area (TPSA) is 66.0 Å². The third-order valence-electron chi connectivity index (χ3n) is 2.95. The van der Waals surface area contributed by atoms with Crippen molar-refractivity contribution in [1.29, 1.82) is 0 Å². The molecule has 5 nitrogen and oxygen atoms in total. The summed E-state index contributed by atoms with van der Waals surface area (Å²) in [6.07, 6.45) is 2.72. The van der Waals surface area contributed by atoms with E-state index in [1.54, 1.807) is 11.8 Å². The van der Waals surface area contributed by atoms with Crippen LogP contribution in [0.4, 0.5) is 0 Å². The van der Waals surface area contributed by atoms with Gasteiger partial charge >= 0.3 is 0 Å². The van der Waals surface area contributed by atoms with Gasteiger partial charge in [0, 0.05) is 18.9 Å². The molecule has 1 aliphatic rings. The van der Waals surface area contributed by atoms with Crippen molar-refractivity contribution in [1.82, 2.24) is 14.8 Å². The summed E-state index contributed by atoms with van der Waals surface area (Å²) < 4.78 is 7.77. The van der Waals surface area contributed by atoms with Gasteiger partial charge in [0.05, 0.1) is 12.6 Å². The van der Waals surface area contributed by atoms with Crippen LogP contribution in [-0.4, -0.2) is 33.2 Å². The Morgan fingerprint density at radius 3 is 2.94 bits per heavy atom. The van der Waals surface area contributed by atoms with Gasteiger partial charge in [-0.3, -0.25) is 0 Å². The molecular formula is C12H22N4OS. The average Bonchev–Trinajstić information content (AvgIpc) is 2.95. The van der Waals surface area contributed by atoms with Crippen molar-refractivity contribution < 1.29 is 4.74 Å². The van der Waals surface area contributed by atoms with E-state index in [2.05, 4.69) is 28.6 Å². The predicted octanol–water partition coefficient (Wildman–Crippen LogP) is 1.66. The van der Waals surface area contributed by atoms with Gasteiger partial charge in [0.15, 0.2) is 5.16 Å². The van der Waals surface area contributed by atoms with Crippen molar-refractivity contribution in [2.24, 2.45) is 11.7 Å². The molecule has 1 aliphatic heterocycles. The number of nitrogens with zero attached hydrogens (tertiary/aromatic N) is 3. The molecule has 0 aliphatic carbocycles. The Morgan fingerprint density at radius 1 is 1.50 bits per heavy atom. The Morgan fingerprint density at radius 2 is 2.33 bits per heavy atom. The zero-order chi connectivity index (χ0) is 13.0. The minimum Gasteiger partial charge on any atom is -0.377 e. The summed E-state index contributed by atoms with van der Waals surface area (Å²) in [6, 6.07) is 0. The third kappa shape index (κ3) is 3.46. The maximum absolute atomic E-state index is 5.70. The minimum absolute atomic E-state index is 0.375. The molecule has 0 bridgehead atoms. The van der Waals surface area contributed by atoms with Gasteiger partial charge in [0.1, 0.15) is 5.82 Å². The number of thioether (sulfide) groups is 1. The van der Waals surface area contributed by atoms with Gasteiger partial charge in [0.2, 0.25) is 0 Å². The molecule has 0 spiro atoms. The van der Waals surface area contributed by atoms with Gasteiger partial charge in [-0.25, -0.2) is 0 Å². The Labute approximate surface area is 112 Å². The lowest BCUT2D eigenvalue weighted by Gasteiger charge is -2.13. The van der Waals surface area contributed by atoms with Crippen LogP contribution in [0.2, 0.25) is 0 Å². The highest BCUT2D eigenvalue weighted by Crippen LogP contribution is 2.23. The van der Waals surface area contributed by atoms with E-state index in [1.807, 2.05) is 0 Å². The highest BCUT2D eigenvalue weighted by molar-refractivity contribution is 7.99. The predicted molar refractivity (Wildman–Crippen MR) is 72.4 cm³/mol. The van der Waals surface area contributed by atoms with Crippen LogP contribution in [0.15, 0.2) is 5.16 Å². The van der Waals surface area contributed by atoms with E-state index in [-0.39, 0.29) is 0 Å². The maximum Gasteiger partial charge on any atom is 0.191 e. The molecule has 2 rings (SSSR count). The van der Waals surface area contributed by atoms with Crippen molar-refractivity contribution in [2.75, 3.05) is 12.4 Å². The summed E-state index contributed by atoms with van der Waals surface area (Å²) in [6.45, 7) is 6.65. The number of ether oxygens (including phenoxy) is 1. The fourth-order valence-corrected chi connectivity index (χ4v) is 3.10. The highest BCUT2D eigenvalue weighted by Gasteiger charge is 2.18. The lowest BCUT2D eigenvalue weighted by molar-refractivity contribution is 0.129. The van der Waals surface area contributed by atoms with Gasteiger partial charge in [-0.1, -0.05) is 25.6 Å². The molecule has 18 heavy (non-hydrogen) atoms. The molecule has 102 valence electrons. The fourth-order valence-electron chi connectivity index (χ4n) is 2.07. The summed E-state index contributed by atoms with van der Waals surface area (Å²) in [4.78, 5) is 0. The molecule has 1 aromatic rings. The Bertz CT molecular complexity index is 374. The maximum atomic E-state index is 5.70. The zero-order valence-corrected chi connectivity index (χ0v) is 11.9. The number of nitrogens with two attached hydrogens (primary N) is 1. The van der Waals surface area contributed by atoms with Gasteiger partial charge in [-0.05, 0) is 18.8 Å². The second-order valence-corrected chi connectivity index (χ2v) is 6.04. The van der Waals surface area contributed by atoms with Crippen LogP contribution in [0.1, 0.15) is 32.5 Å². The van der Waals surface area contributed by atoms with E-state index < -0.39 is 0 Å². The summed E-state index contributed by atoms with van der Waals surface area (Å²) in [7, 11) is 0. The van der Waals surface area contributed by atoms with Crippen LogP contribution in [0.25, 0.3) is 0 Å². The minimum atomic E-state index is 0.375. The molecule has 2 N–H and O–H groups in total. The normalized spacial score (nSPS) is 19.9. The Hall–Kier alpha value is -0.590. The van der Waals surface area contributed by atoms with E-state index >= 15 is 0 Å². The van der Waals surface area contributed by atoms with Crippen LogP contribution < -0.4 is 5.73 Å². The summed E-state index contributed by atoms with van der Waals surface area (Å²) >= 11 is 1.73. The van der Waals surface area contributed by atoms with Crippen molar-refractivity contribution in [3.05, 3.63) is 5.82 Å². The van der Waals surface area contributed by atoms with Gasteiger partial charge in [-0.2, -0.15) is 0 Å². The first kappa shape index (κ1) is 13.8. The molecule has 1 atom stereocenters. The van der Waals surface area contributed by atoms with Crippen molar-refractivity contribution in [3.8, 4) is 0 Å². The first-order chi connectivity index (χ1) is 8.70. The van der Waals surface area contributed by atoms with Crippen LogP contribution in [0.5, 0.6) is 0 Å². The SMILES string of the molecule is CC(C)Cn1c(CN)nnc1SCC1CCCO1. The second-order valence-electron chi connectivity index (χ2n) is 5.05. The summed E-state index contributed by atoms with van der Waals surface area (Å²) in [5.74, 6) is 2.40. The fraction of sp³-hybridized carbons (Fsp3) is 0.833. The molecule has 0 radical (unpaired) electrons. The van der Waals surface area contributed by atoms with Gasteiger partial charge in [-0.15, -0.1) is 10.2 Å². The summed E-state index contributed by atoms with van der Waals surface area (Å²) in [5, 5.41) is 9.37. The second kappa shape index (κ2) is 6.54. The number of hydrogen-bond donors (Lipinski definition) is 1. The van der Waals surface area contributed by atoms with Crippen molar-refractivity contribution in [2.45, 2.75) is 51.0 Å². The lowest BCUT2D eigenvalue weighted by Crippen LogP contribution is -2.14. The molecular weight excluding hydrogens is 248 g/mol. The number of hydrogen-bond acceptors (Lipinski definition) is 5. The third-order valence-corrected chi connectivity index (χ3v) is 4.04. The van der Waals surface area contributed by atoms with E-state index in [0.29, 0.717) is 18.6 Å². The van der Waals surface area contributed by atoms with E-state index in [0.717, 1.165) is 36.3 Å². The van der Waals surface area contributed by atoms with E-state index in [4.69, 9.17) is 10.5 Å². The largest absolute Gasteiger partial charge is 0.377 e. The van der Waals surface area contributed by atoms with Gasteiger partial charge in [0.25, 0.3) is 0 Å². The molecule has 0 saturated carbocycles. The molecule has 1 saturated heterocycles. The van der Waals surface area contributed by atoms with Gasteiger partial charge < -0.3 is 15.0 Å². The lowest BCUT2D eigenvalue weighted by atomic mass is 10.2. The smallest absolute Gasteiger partial charge is 0.191 e. The molecule has 1 aromatic heterocycles. The summed E-state index contributed by atoms with van der Waals surface area (Å²) in [5.41, 5.74) is 5.70. The molecule has 0 amide bonds. The van der Waals surface area contributed by atoms with Crippen LogP contribution in [0, 0.1) is 5.92 Å². The number of aromatic nitrogens is 3. The first-order valence-electron chi connectivity index (χ1n) is 6.57.